The molecular weight excluding hydrogens is 280 g/mol. The summed E-state index contributed by atoms with van der Waals surface area (Å²) < 4.78 is 2.05. The Kier molecular flexibility index (Phi) is 5.20. The normalized spacial score (nSPS) is 10.8. The van der Waals surface area contributed by atoms with Crippen LogP contribution >= 0.6 is 0 Å². The Morgan fingerprint density at radius 2 is 2.00 bits per heavy atom. The molecule has 0 radical (unpaired) electrons. The van der Waals surface area contributed by atoms with Gasteiger partial charge in [0.1, 0.15) is 5.69 Å². The van der Waals surface area contributed by atoms with E-state index in [1.54, 1.807) is 11.9 Å². The molecule has 22 heavy (non-hydrogen) atoms. The first-order chi connectivity index (χ1) is 10.5. The zero-order valence-electron chi connectivity index (χ0n) is 13.1. The topological polar surface area (TPSA) is 62.5 Å². The van der Waals surface area contributed by atoms with Crippen LogP contribution in [0.15, 0.2) is 30.3 Å². The number of amides is 1. The Morgan fingerprint density at radius 3 is 2.68 bits per heavy atom. The molecule has 2 rings (SSSR count). The number of hydrogen-bond acceptors (Lipinski definition) is 2. The van der Waals surface area contributed by atoms with E-state index in [9.17, 15) is 9.59 Å². The number of carbonyl (C=O) groups excluding carboxylic acids is 1. The van der Waals surface area contributed by atoms with Crippen LogP contribution in [0.5, 0.6) is 0 Å². The minimum atomic E-state index is -0.832. The van der Waals surface area contributed by atoms with Crippen LogP contribution in [0.2, 0.25) is 0 Å². The monoisotopic (exact) mass is 302 g/mol. The molecule has 1 amide bonds. The maximum absolute atomic E-state index is 12.6. The molecule has 0 aliphatic heterocycles. The summed E-state index contributed by atoms with van der Waals surface area (Å²) in [4.78, 5) is 24.8. The number of aromatic nitrogens is 1. The minimum Gasteiger partial charge on any atom is -0.481 e. The average Bonchev–Trinajstić information content (AvgIpc) is 2.85. The summed E-state index contributed by atoms with van der Waals surface area (Å²) in [6.07, 6.45) is 1.49. The van der Waals surface area contributed by atoms with Crippen molar-refractivity contribution in [1.29, 1.82) is 0 Å². The lowest BCUT2D eigenvalue weighted by Gasteiger charge is -2.18. The molecule has 0 fully saturated rings. The maximum Gasteiger partial charge on any atom is 0.303 e. The van der Waals surface area contributed by atoms with Crippen LogP contribution in [0.1, 0.15) is 36.7 Å². The van der Waals surface area contributed by atoms with Crippen molar-refractivity contribution in [2.24, 2.45) is 0 Å². The molecule has 0 atom stereocenters. The van der Waals surface area contributed by atoms with Gasteiger partial charge in [0.15, 0.2) is 0 Å². The number of benzene rings is 1. The van der Waals surface area contributed by atoms with Crippen molar-refractivity contribution in [2.45, 2.75) is 32.7 Å². The van der Waals surface area contributed by atoms with E-state index in [1.165, 1.54) is 0 Å². The molecule has 5 heteroatoms. The minimum absolute atomic E-state index is 0.0601. The first kappa shape index (κ1) is 16.1. The molecule has 1 heterocycles. The highest BCUT2D eigenvalue weighted by Crippen LogP contribution is 2.21. The highest BCUT2D eigenvalue weighted by molar-refractivity contribution is 5.98. The number of aryl methyl sites for hydroxylation is 1. The molecule has 0 saturated heterocycles. The van der Waals surface area contributed by atoms with Crippen LogP contribution in [-0.4, -0.2) is 40.0 Å². The number of fused-ring (bicyclic) bond motifs is 1. The van der Waals surface area contributed by atoms with E-state index in [2.05, 4.69) is 6.92 Å². The van der Waals surface area contributed by atoms with Crippen LogP contribution < -0.4 is 0 Å². The molecular formula is C17H22N2O3. The van der Waals surface area contributed by atoms with Gasteiger partial charge in [-0.15, -0.1) is 0 Å². The number of hydrogen-bond donors (Lipinski definition) is 1. The molecule has 5 nitrogen and oxygen atoms in total. The second-order valence-corrected chi connectivity index (χ2v) is 5.46. The van der Waals surface area contributed by atoms with Crippen LogP contribution in [0.25, 0.3) is 10.9 Å². The Bertz CT molecular complexity index is 676. The van der Waals surface area contributed by atoms with Crippen molar-refractivity contribution in [2.75, 3.05) is 13.6 Å². The molecule has 0 bridgehead atoms. The lowest BCUT2D eigenvalue weighted by Crippen LogP contribution is -2.30. The van der Waals surface area contributed by atoms with Gasteiger partial charge in [0.25, 0.3) is 5.91 Å². The Morgan fingerprint density at radius 1 is 1.27 bits per heavy atom. The van der Waals surface area contributed by atoms with Crippen molar-refractivity contribution in [3.8, 4) is 0 Å². The smallest absolute Gasteiger partial charge is 0.303 e. The summed E-state index contributed by atoms with van der Waals surface area (Å²) in [6.45, 7) is 3.32. The third-order valence-corrected chi connectivity index (χ3v) is 3.71. The molecule has 118 valence electrons. The summed E-state index contributed by atoms with van der Waals surface area (Å²) in [5.41, 5.74) is 1.73. The van der Waals surface area contributed by atoms with E-state index in [0.29, 0.717) is 18.7 Å². The second-order valence-electron chi connectivity index (χ2n) is 5.46. The molecule has 1 N–H and O–H groups in total. The summed E-state index contributed by atoms with van der Waals surface area (Å²) in [6, 6.07) is 9.87. The quantitative estimate of drug-likeness (QED) is 0.855. The fraction of sp³-hybridized carbons (Fsp3) is 0.412. The highest BCUT2D eigenvalue weighted by Gasteiger charge is 2.18. The Balaban J connectivity index is 2.23. The largest absolute Gasteiger partial charge is 0.481 e. The van der Waals surface area contributed by atoms with Crippen LogP contribution in [0, 0.1) is 0 Å². The van der Waals surface area contributed by atoms with Crippen molar-refractivity contribution < 1.29 is 14.7 Å². The molecule has 1 aromatic heterocycles. The SMILES string of the molecule is CCCn1c(C(=O)N(C)CCCC(=O)O)cc2ccccc21. The average molecular weight is 302 g/mol. The van der Waals surface area contributed by atoms with Gasteiger partial charge >= 0.3 is 5.97 Å². The van der Waals surface area contributed by atoms with E-state index in [4.69, 9.17) is 5.11 Å². The van der Waals surface area contributed by atoms with Gasteiger partial charge in [-0.2, -0.15) is 0 Å². The number of rotatable bonds is 7. The standard InChI is InChI=1S/C17H22N2O3/c1-3-10-19-14-8-5-4-7-13(14)12-15(19)17(22)18(2)11-6-9-16(20)21/h4-5,7-8,12H,3,6,9-11H2,1-2H3,(H,20,21). The summed E-state index contributed by atoms with van der Waals surface area (Å²) in [5.74, 6) is -0.893. The summed E-state index contributed by atoms with van der Waals surface area (Å²) in [7, 11) is 1.72. The lowest BCUT2D eigenvalue weighted by atomic mass is 10.2. The number of aliphatic carboxylic acids is 1. The van der Waals surface area contributed by atoms with E-state index in [1.807, 2.05) is 34.9 Å². The molecule has 0 aliphatic rings. The molecule has 1 aromatic carbocycles. The van der Waals surface area contributed by atoms with Gasteiger partial charge in [-0.25, -0.2) is 0 Å². The van der Waals surface area contributed by atoms with Crippen LogP contribution in [0.4, 0.5) is 0 Å². The first-order valence-corrected chi connectivity index (χ1v) is 7.60. The first-order valence-electron chi connectivity index (χ1n) is 7.60. The fourth-order valence-electron chi connectivity index (χ4n) is 2.62. The molecule has 2 aromatic rings. The van der Waals surface area contributed by atoms with Gasteiger partial charge in [-0.1, -0.05) is 25.1 Å². The fourth-order valence-corrected chi connectivity index (χ4v) is 2.62. The number of carboxylic acid groups (broad SMARTS) is 1. The van der Waals surface area contributed by atoms with Crippen molar-refractivity contribution in [3.63, 3.8) is 0 Å². The van der Waals surface area contributed by atoms with Crippen molar-refractivity contribution in [1.82, 2.24) is 9.47 Å². The number of nitrogens with zero attached hydrogens (tertiary/aromatic N) is 2. The summed E-state index contributed by atoms with van der Waals surface area (Å²) >= 11 is 0. The van der Waals surface area contributed by atoms with Crippen molar-refractivity contribution >= 4 is 22.8 Å². The van der Waals surface area contributed by atoms with Gasteiger partial charge in [0.2, 0.25) is 0 Å². The highest BCUT2D eigenvalue weighted by atomic mass is 16.4. The van der Waals surface area contributed by atoms with Gasteiger partial charge in [0.05, 0.1) is 0 Å². The van der Waals surface area contributed by atoms with E-state index < -0.39 is 5.97 Å². The van der Waals surface area contributed by atoms with Gasteiger partial charge in [-0.3, -0.25) is 9.59 Å². The molecule has 0 unspecified atom stereocenters. The lowest BCUT2D eigenvalue weighted by molar-refractivity contribution is -0.137. The third kappa shape index (κ3) is 3.47. The zero-order chi connectivity index (χ0) is 16.1. The predicted molar refractivity (Wildman–Crippen MR) is 86.1 cm³/mol. The molecule has 0 spiro atoms. The van der Waals surface area contributed by atoms with Crippen molar-refractivity contribution in [3.05, 3.63) is 36.0 Å². The number of carboxylic acids is 1. The second kappa shape index (κ2) is 7.11. The Hall–Kier alpha value is -2.30. The van der Waals surface area contributed by atoms with Gasteiger partial charge in [-0.05, 0) is 25.0 Å². The molecule has 0 aliphatic carbocycles. The Labute approximate surface area is 130 Å². The zero-order valence-corrected chi connectivity index (χ0v) is 13.1. The van der Waals surface area contributed by atoms with E-state index in [-0.39, 0.29) is 12.3 Å². The van der Waals surface area contributed by atoms with E-state index >= 15 is 0 Å². The predicted octanol–water partition coefficient (Wildman–Crippen LogP) is 2.99. The van der Waals surface area contributed by atoms with Crippen LogP contribution in [-0.2, 0) is 11.3 Å². The number of para-hydroxylation sites is 1. The summed E-state index contributed by atoms with van der Waals surface area (Å²) in [5, 5.41) is 9.74. The molecule has 0 saturated carbocycles. The van der Waals surface area contributed by atoms with E-state index in [0.717, 1.165) is 23.9 Å². The third-order valence-electron chi connectivity index (χ3n) is 3.71. The van der Waals surface area contributed by atoms with Gasteiger partial charge < -0.3 is 14.6 Å². The van der Waals surface area contributed by atoms with Crippen LogP contribution in [0.3, 0.4) is 0 Å². The van der Waals surface area contributed by atoms with Gasteiger partial charge in [0, 0.05) is 37.5 Å². The number of carbonyl (C=O) groups is 2. The maximum atomic E-state index is 12.6.